The van der Waals surface area contributed by atoms with Crippen LogP contribution >= 0.6 is 0 Å². The standard InChI is InChI=1S/C23H32N6O2/c1-26-19(16-4-6-17(7-5-16)23(25)8-3-9-23)20-18(24)21(30)29(15-27-20)14-22(31)10-12-28(2)13-11-22/h4-7,15,24,26,31H,3,8-14,25H2,1-2H3/b20-19+,24-18?. The number of nitrogens with one attached hydrogen (secondary N) is 2. The second kappa shape index (κ2) is 8.18. The van der Waals surface area contributed by atoms with Gasteiger partial charge in [0.15, 0.2) is 0 Å². The van der Waals surface area contributed by atoms with E-state index in [1.807, 2.05) is 31.3 Å². The van der Waals surface area contributed by atoms with Crippen LogP contribution in [-0.2, 0) is 10.3 Å². The van der Waals surface area contributed by atoms with Gasteiger partial charge in [-0.1, -0.05) is 24.3 Å². The second-order valence-corrected chi connectivity index (χ2v) is 9.14. The number of nitrogens with zero attached hydrogens (tertiary/aromatic N) is 3. The third-order valence-corrected chi connectivity index (χ3v) is 6.90. The van der Waals surface area contributed by atoms with Crippen molar-refractivity contribution in [1.29, 1.82) is 5.41 Å². The molecule has 1 aliphatic carbocycles. The van der Waals surface area contributed by atoms with Crippen molar-refractivity contribution in [2.45, 2.75) is 43.2 Å². The van der Waals surface area contributed by atoms with E-state index in [1.54, 1.807) is 7.05 Å². The van der Waals surface area contributed by atoms with Crippen molar-refractivity contribution < 1.29 is 9.90 Å². The van der Waals surface area contributed by atoms with E-state index in [4.69, 9.17) is 11.1 Å². The van der Waals surface area contributed by atoms with Crippen LogP contribution in [0.15, 0.2) is 35.0 Å². The normalized spacial score (nSPS) is 24.7. The van der Waals surface area contributed by atoms with Crippen LogP contribution in [0.4, 0.5) is 0 Å². The van der Waals surface area contributed by atoms with Crippen LogP contribution in [0.25, 0.3) is 5.70 Å². The molecule has 8 heteroatoms. The molecule has 1 aromatic carbocycles. The summed E-state index contributed by atoms with van der Waals surface area (Å²) < 4.78 is 0. The summed E-state index contributed by atoms with van der Waals surface area (Å²) in [6.45, 7) is 1.71. The van der Waals surface area contributed by atoms with Crippen molar-refractivity contribution in [1.82, 2.24) is 15.1 Å². The zero-order valence-electron chi connectivity index (χ0n) is 18.3. The highest BCUT2D eigenvalue weighted by molar-refractivity contribution is 6.47. The minimum absolute atomic E-state index is 0.154. The molecule has 8 nitrogen and oxygen atoms in total. The predicted octanol–water partition coefficient (Wildman–Crippen LogP) is 1.26. The Balaban J connectivity index is 1.56. The average Bonchev–Trinajstić information content (AvgIpc) is 2.75. The quantitative estimate of drug-likeness (QED) is 0.568. The maximum absolute atomic E-state index is 12.9. The van der Waals surface area contributed by atoms with Gasteiger partial charge in [-0.05, 0) is 50.3 Å². The molecule has 2 fully saturated rings. The molecule has 5 N–H and O–H groups in total. The smallest absolute Gasteiger partial charge is 0.279 e. The fraction of sp³-hybridized carbons (Fsp3) is 0.522. The number of benzene rings is 1. The van der Waals surface area contributed by atoms with E-state index in [0.29, 0.717) is 24.2 Å². The first-order valence-corrected chi connectivity index (χ1v) is 10.9. The molecule has 0 spiro atoms. The highest BCUT2D eigenvalue weighted by atomic mass is 16.3. The molecule has 166 valence electrons. The monoisotopic (exact) mass is 424 g/mol. The van der Waals surface area contributed by atoms with Crippen LogP contribution in [0.1, 0.15) is 43.2 Å². The Bertz CT molecular complexity index is 924. The number of piperidine rings is 1. The Morgan fingerprint density at radius 2 is 1.87 bits per heavy atom. The SMILES string of the molecule is CN/C(=C1/N=CN(CC2(O)CCN(C)CC2)C(=O)C1=N)c1ccc(C2(N)CCC2)cc1. The number of amides is 1. The lowest BCUT2D eigenvalue weighted by Gasteiger charge is -2.39. The molecule has 1 saturated heterocycles. The number of aliphatic hydroxyl groups is 1. The van der Waals surface area contributed by atoms with E-state index in [0.717, 1.165) is 43.5 Å². The van der Waals surface area contributed by atoms with E-state index in [1.165, 1.54) is 11.2 Å². The van der Waals surface area contributed by atoms with Gasteiger partial charge < -0.3 is 21.1 Å². The summed E-state index contributed by atoms with van der Waals surface area (Å²) in [4.78, 5) is 20.9. The number of likely N-dealkylation sites (tertiary alicyclic amines) is 1. The van der Waals surface area contributed by atoms with Crippen LogP contribution in [0.5, 0.6) is 0 Å². The molecular weight excluding hydrogens is 392 g/mol. The van der Waals surface area contributed by atoms with Gasteiger partial charge in [0.05, 0.1) is 24.2 Å². The summed E-state index contributed by atoms with van der Waals surface area (Å²) in [6, 6.07) is 7.96. The van der Waals surface area contributed by atoms with E-state index in [-0.39, 0.29) is 17.8 Å². The van der Waals surface area contributed by atoms with E-state index in [2.05, 4.69) is 15.2 Å². The minimum Gasteiger partial charge on any atom is -0.388 e. The molecular formula is C23H32N6O2. The minimum atomic E-state index is -0.947. The van der Waals surface area contributed by atoms with Gasteiger partial charge in [-0.15, -0.1) is 0 Å². The third kappa shape index (κ3) is 4.15. The number of rotatable bonds is 5. The van der Waals surface area contributed by atoms with Crippen molar-refractivity contribution in [3.05, 3.63) is 41.1 Å². The molecule has 1 aromatic rings. The van der Waals surface area contributed by atoms with E-state index in [9.17, 15) is 9.90 Å². The molecule has 0 bridgehead atoms. The zero-order chi connectivity index (χ0) is 22.2. The van der Waals surface area contributed by atoms with Gasteiger partial charge >= 0.3 is 0 Å². The summed E-state index contributed by atoms with van der Waals surface area (Å²) in [5.41, 5.74) is 7.95. The van der Waals surface area contributed by atoms with Gasteiger partial charge in [0.25, 0.3) is 5.91 Å². The number of hydrogen-bond donors (Lipinski definition) is 4. The first-order valence-electron chi connectivity index (χ1n) is 10.9. The van der Waals surface area contributed by atoms with Crippen molar-refractivity contribution in [2.24, 2.45) is 10.7 Å². The van der Waals surface area contributed by atoms with Gasteiger partial charge in [-0.3, -0.25) is 15.1 Å². The molecule has 3 aliphatic rings. The molecule has 31 heavy (non-hydrogen) atoms. The molecule has 1 saturated carbocycles. The zero-order valence-corrected chi connectivity index (χ0v) is 18.3. The molecule has 2 aliphatic heterocycles. The summed E-state index contributed by atoms with van der Waals surface area (Å²) >= 11 is 0. The predicted molar refractivity (Wildman–Crippen MR) is 122 cm³/mol. The summed E-state index contributed by atoms with van der Waals surface area (Å²) in [5, 5.41) is 22.4. The molecule has 0 unspecified atom stereocenters. The lowest BCUT2D eigenvalue weighted by atomic mass is 9.72. The molecule has 1 amide bonds. The van der Waals surface area contributed by atoms with Crippen LogP contribution in [0.3, 0.4) is 0 Å². The molecule has 0 aromatic heterocycles. The van der Waals surface area contributed by atoms with Gasteiger partial charge in [-0.25, -0.2) is 4.99 Å². The maximum Gasteiger partial charge on any atom is 0.279 e. The second-order valence-electron chi connectivity index (χ2n) is 9.14. The Hall–Kier alpha value is -2.55. The number of β-amino-alcohol motifs (C(OH)–C–C–N with tert-alkyl or cyclic N) is 1. The van der Waals surface area contributed by atoms with Gasteiger partial charge in [0, 0.05) is 25.7 Å². The van der Waals surface area contributed by atoms with E-state index >= 15 is 0 Å². The van der Waals surface area contributed by atoms with Crippen molar-refractivity contribution >= 4 is 23.7 Å². The first-order chi connectivity index (χ1) is 14.7. The first kappa shape index (κ1) is 21.7. The Kier molecular flexibility index (Phi) is 5.72. The number of nitrogens with two attached hydrogens (primary N) is 1. The Morgan fingerprint density at radius 1 is 1.23 bits per heavy atom. The summed E-state index contributed by atoms with van der Waals surface area (Å²) in [7, 11) is 3.78. The topological polar surface area (TPSA) is 118 Å². The lowest BCUT2D eigenvalue weighted by Crippen LogP contribution is -2.53. The fourth-order valence-electron chi connectivity index (χ4n) is 4.52. The summed E-state index contributed by atoms with van der Waals surface area (Å²) in [5.74, 6) is -0.447. The van der Waals surface area contributed by atoms with Crippen LogP contribution in [0, 0.1) is 5.41 Å². The van der Waals surface area contributed by atoms with Crippen molar-refractivity contribution in [2.75, 3.05) is 33.7 Å². The number of aliphatic imine (C=N–C) groups is 1. The van der Waals surface area contributed by atoms with Crippen molar-refractivity contribution in [3.63, 3.8) is 0 Å². The number of carbonyl (C=O) groups is 1. The number of carbonyl (C=O) groups excluding carboxylic acids is 1. The molecule has 2 heterocycles. The Labute approximate surface area is 183 Å². The largest absolute Gasteiger partial charge is 0.388 e. The highest BCUT2D eigenvalue weighted by Crippen LogP contribution is 2.39. The van der Waals surface area contributed by atoms with Crippen LogP contribution < -0.4 is 11.1 Å². The third-order valence-electron chi connectivity index (χ3n) is 6.90. The van der Waals surface area contributed by atoms with Crippen molar-refractivity contribution in [3.8, 4) is 0 Å². The average molecular weight is 425 g/mol. The van der Waals surface area contributed by atoms with E-state index < -0.39 is 11.5 Å². The lowest BCUT2D eigenvalue weighted by molar-refractivity contribution is -0.124. The Morgan fingerprint density at radius 3 is 2.42 bits per heavy atom. The van der Waals surface area contributed by atoms with Crippen LogP contribution in [0.2, 0.25) is 0 Å². The summed E-state index contributed by atoms with van der Waals surface area (Å²) in [6.07, 6.45) is 5.77. The molecule has 0 radical (unpaired) electrons. The fourth-order valence-corrected chi connectivity index (χ4v) is 4.52. The van der Waals surface area contributed by atoms with Gasteiger partial charge in [-0.2, -0.15) is 0 Å². The van der Waals surface area contributed by atoms with Crippen LogP contribution in [-0.4, -0.2) is 72.2 Å². The van der Waals surface area contributed by atoms with Gasteiger partial charge in [0.1, 0.15) is 11.4 Å². The maximum atomic E-state index is 12.9. The molecule has 0 atom stereocenters. The van der Waals surface area contributed by atoms with Gasteiger partial charge in [0.2, 0.25) is 0 Å². The number of hydrogen-bond acceptors (Lipinski definition) is 7. The highest BCUT2D eigenvalue weighted by Gasteiger charge is 2.37. The molecule has 4 rings (SSSR count).